The molecule has 3 aromatic carbocycles. The van der Waals surface area contributed by atoms with Gasteiger partial charge in [0.2, 0.25) is 0 Å². The van der Waals surface area contributed by atoms with Crippen LogP contribution in [0.5, 0.6) is 5.75 Å². The largest absolute Gasteiger partial charge is 0.491 e. The van der Waals surface area contributed by atoms with Gasteiger partial charge in [-0.25, -0.2) is 4.39 Å². The van der Waals surface area contributed by atoms with Gasteiger partial charge in [0.15, 0.2) is 0 Å². The van der Waals surface area contributed by atoms with E-state index in [1.807, 2.05) is 48.5 Å². The SMILES string of the molecule is N#Cc1ccc(CN2CCN(c3ccc(OCCO)cc3F)[C@H](c3ccc(Cl)cc3)C2)cc1. The Morgan fingerprint density at radius 1 is 1.06 bits per heavy atom. The van der Waals surface area contributed by atoms with Crippen LogP contribution in [0.15, 0.2) is 66.7 Å². The number of rotatable bonds is 7. The lowest BCUT2D eigenvalue weighted by Gasteiger charge is -2.43. The second-order valence-electron chi connectivity index (χ2n) is 7.99. The molecule has 1 N–H and O–H groups in total. The molecule has 0 spiro atoms. The van der Waals surface area contributed by atoms with Crippen molar-refractivity contribution in [3.63, 3.8) is 0 Å². The topological polar surface area (TPSA) is 59.7 Å². The fourth-order valence-electron chi connectivity index (χ4n) is 4.16. The van der Waals surface area contributed by atoms with Crippen LogP contribution in [0.25, 0.3) is 0 Å². The standard InChI is InChI=1S/C26H25ClFN3O2/c27-22-7-5-21(6-8-22)26-18-30(17-20-3-1-19(16-29)2-4-20)11-12-31(26)25-10-9-23(15-24(25)28)33-14-13-32/h1-10,15,26,32H,11-14,17-18H2/t26-/m0/s1. The highest BCUT2D eigenvalue weighted by molar-refractivity contribution is 6.30. The Hall–Kier alpha value is -3.11. The molecule has 1 saturated heterocycles. The summed E-state index contributed by atoms with van der Waals surface area (Å²) in [4.78, 5) is 4.43. The van der Waals surface area contributed by atoms with Crippen molar-refractivity contribution in [2.75, 3.05) is 37.7 Å². The molecule has 3 aromatic rings. The molecule has 7 heteroatoms. The van der Waals surface area contributed by atoms with Gasteiger partial charge in [-0.05, 0) is 47.5 Å². The zero-order chi connectivity index (χ0) is 23.2. The highest BCUT2D eigenvalue weighted by Crippen LogP contribution is 2.34. The van der Waals surface area contributed by atoms with Crippen LogP contribution in [0, 0.1) is 17.1 Å². The summed E-state index contributed by atoms with van der Waals surface area (Å²) in [5.74, 6) is 0.0396. The number of nitriles is 1. The Morgan fingerprint density at radius 3 is 2.48 bits per heavy atom. The predicted molar refractivity (Wildman–Crippen MR) is 127 cm³/mol. The van der Waals surface area contributed by atoms with Crippen LogP contribution in [0.1, 0.15) is 22.7 Å². The minimum Gasteiger partial charge on any atom is -0.491 e. The van der Waals surface area contributed by atoms with Crippen molar-refractivity contribution < 1.29 is 14.2 Å². The van der Waals surface area contributed by atoms with Crippen LogP contribution in [0.4, 0.5) is 10.1 Å². The smallest absolute Gasteiger partial charge is 0.150 e. The minimum absolute atomic E-state index is 0.0619. The Labute approximate surface area is 198 Å². The maximum atomic E-state index is 15.1. The number of aliphatic hydroxyl groups is 1. The van der Waals surface area contributed by atoms with Crippen LogP contribution >= 0.6 is 11.6 Å². The first-order chi connectivity index (χ1) is 16.1. The first-order valence-electron chi connectivity index (χ1n) is 10.8. The average molecular weight is 466 g/mol. The van der Waals surface area contributed by atoms with Crippen molar-refractivity contribution in [2.45, 2.75) is 12.6 Å². The van der Waals surface area contributed by atoms with Crippen LogP contribution in [0.2, 0.25) is 5.02 Å². The summed E-state index contributed by atoms with van der Waals surface area (Å²) in [6.45, 7) is 2.89. The molecule has 1 fully saturated rings. The summed E-state index contributed by atoms with van der Waals surface area (Å²) in [5.41, 5.74) is 3.35. The molecule has 1 aliphatic heterocycles. The molecule has 0 aromatic heterocycles. The molecule has 5 nitrogen and oxygen atoms in total. The highest BCUT2D eigenvalue weighted by Gasteiger charge is 2.30. The first kappa shape index (κ1) is 23.1. The van der Waals surface area contributed by atoms with Gasteiger partial charge in [0.25, 0.3) is 0 Å². The third-order valence-electron chi connectivity index (χ3n) is 5.80. The van der Waals surface area contributed by atoms with Crippen molar-refractivity contribution in [3.05, 3.63) is 94.3 Å². The molecule has 0 radical (unpaired) electrons. The van der Waals surface area contributed by atoms with E-state index in [0.717, 1.165) is 24.2 Å². The van der Waals surface area contributed by atoms with E-state index in [1.54, 1.807) is 12.1 Å². The molecule has 33 heavy (non-hydrogen) atoms. The Kier molecular flexibility index (Phi) is 7.46. The first-order valence-corrected chi connectivity index (χ1v) is 11.2. The molecule has 0 unspecified atom stereocenters. The number of ether oxygens (including phenoxy) is 1. The summed E-state index contributed by atoms with van der Waals surface area (Å²) < 4.78 is 20.4. The minimum atomic E-state index is -0.357. The molecule has 0 saturated carbocycles. The van der Waals surface area contributed by atoms with E-state index < -0.39 is 0 Å². The zero-order valence-electron chi connectivity index (χ0n) is 18.1. The molecule has 1 aliphatic rings. The van der Waals surface area contributed by atoms with Crippen molar-refractivity contribution in [1.29, 1.82) is 5.26 Å². The summed E-state index contributed by atoms with van der Waals surface area (Å²) in [6.07, 6.45) is 0. The summed E-state index contributed by atoms with van der Waals surface area (Å²) in [6, 6.07) is 22.2. The van der Waals surface area contributed by atoms with Crippen LogP contribution in [-0.4, -0.2) is 42.9 Å². The van der Waals surface area contributed by atoms with Gasteiger partial charge >= 0.3 is 0 Å². The third-order valence-corrected chi connectivity index (χ3v) is 6.05. The lowest BCUT2D eigenvalue weighted by Crippen LogP contribution is -2.48. The van der Waals surface area contributed by atoms with Crippen LogP contribution in [0.3, 0.4) is 0 Å². The van der Waals surface area contributed by atoms with E-state index in [4.69, 9.17) is 26.7 Å². The number of halogens is 2. The van der Waals surface area contributed by atoms with Gasteiger partial charge in [-0.1, -0.05) is 35.9 Å². The van der Waals surface area contributed by atoms with Gasteiger partial charge in [-0.3, -0.25) is 4.90 Å². The highest BCUT2D eigenvalue weighted by atomic mass is 35.5. The lowest BCUT2D eigenvalue weighted by molar-refractivity contribution is 0.200. The molecule has 0 amide bonds. The molecule has 0 bridgehead atoms. The van der Waals surface area contributed by atoms with Crippen molar-refractivity contribution in [2.24, 2.45) is 0 Å². The van der Waals surface area contributed by atoms with E-state index in [-0.39, 0.29) is 25.1 Å². The fourth-order valence-corrected chi connectivity index (χ4v) is 4.28. The normalized spacial score (nSPS) is 16.4. The molecule has 1 heterocycles. The van der Waals surface area contributed by atoms with Crippen LogP contribution in [-0.2, 0) is 6.54 Å². The molecule has 0 aliphatic carbocycles. The predicted octanol–water partition coefficient (Wildman–Crippen LogP) is 4.79. The van der Waals surface area contributed by atoms with Gasteiger partial charge < -0.3 is 14.7 Å². The van der Waals surface area contributed by atoms with E-state index in [1.165, 1.54) is 6.07 Å². The average Bonchev–Trinajstić information content (AvgIpc) is 2.84. The number of anilines is 1. The third kappa shape index (κ3) is 5.63. The quantitative estimate of drug-likeness (QED) is 0.544. The van der Waals surface area contributed by atoms with Gasteiger partial charge in [-0.15, -0.1) is 0 Å². The van der Waals surface area contributed by atoms with E-state index in [9.17, 15) is 0 Å². The fraction of sp³-hybridized carbons (Fsp3) is 0.269. The van der Waals surface area contributed by atoms with Gasteiger partial charge in [0.05, 0.1) is 30.0 Å². The van der Waals surface area contributed by atoms with Gasteiger partial charge in [0, 0.05) is 37.3 Å². The molecule has 1 atom stereocenters. The second-order valence-corrected chi connectivity index (χ2v) is 8.43. The van der Waals surface area contributed by atoms with Crippen molar-refractivity contribution >= 4 is 17.3 Å². The van der Waals surface area contributed by atoms with Crippen molar-refractivity contribution in [3.8, 4) is 11.8 Å². The van der Waals surface area contributed by atoms with Crippen molar-refractivity contribution in [1.82, 2.24) is 4.90 Å². The van der Waals surface area contributed by atoms with Gasteiger partial charge in [0.1, 0.15) is 18.2 Å². The molecule has 4 rings (SSSR count). The molecule has 170 valence electrons. The van der Waals surface area contributed by atoms with Gasteiger partial charge in [-0.2, -0.15) is 5.26 Å². The summed E-state index contributed by atoms with van der Waals surface area (Å²) in [7, 11) is 0. The monoisotopic (exact) mass is 465 g/mol. The summed E-state index contributed by atoms with van der Waals surface area (Å²) >= 11 is 6.11. The van der Waals surface area contributed by atoms with E-state index in [0.29, 0.717) is 35.1 Å². The molecular formula is C26H25ClFN3O2. The summed E-state index contributed by atoms with van der Waals surface area (Å²) in [5, 5.41) is 18.6. The number of hydrogen-bond donors (Lipinski definition) is 1. The number of hydrogen-bond acceptors (Lipinski definition) is 5. The number of benzene rings is 3. The maximum Gasteiger partial charge on any atom is 0.150 e. The van der Waals surface area contributed by atoms with E-state index in [2.05, 4.69) is 15.9 Å². The maximum absolute atomic E-state index is 15.1. The Bertz CT molecular complexity index is 1120. The molecular weight excluding hydrogens is 441 g/mol. The lowest BCUT2D eigenvalue weighted by atomic mass is 10.0. The zero-order valence-corrected chi connectivity index (χ0v) is 18.9. The number of piperazine rings is 1. The van der Waals surface area contributed by atoms with E-state index >= 15 is 4.39 Å². The number of nitrogens with zero attached hydrogens (tertiary/aromatic N) is 3. The Morgan fingerprint density at radius 2 is 1.82 bits per heavy atom. The van der Waals surface area contributed by atoms with Crippen LogP contribution < -0.4 is 9.64 Å². The second kappa shape index (κ2) is 10.7. The number of aliphatic hydroxyl groups excluding tert-OH is 1. The Balaban J connectivity index is 1.58.